The molecule has 0 spiro atoms. The number of halogens is 2. The van der Waals surface area contributed by atoms with Gasteiger partial charge in [-0.3, -0.25) is 9.59 Å². The monoisotopic (exact) mass is 485 g/mol. The number of benzene rings is 1. The van der Waals surface area contributed by atoms with Gasteiger partial charge in [0.05, 0.1) is 21.5 Å². The number of hydrogen-bond acceptors (Lipinski definition) is 5. The molecule has 0 saturated carbocycles. The first-order valence-corrected chi connectivity index (χ1v) is 11.9. The smallest absolute Gasteiger partial charge is 0.253 e. The molecule has 2 aliphatic heterocycles. The molecule has 2 aromatic rings. The molecule has 33 heavy (non-hydrogen) atoms. The summed E-state index contributed by atoms with van der Waals surface area (Å²) in [6, 6.07) is 10.6. The van der Waals surface area contributed by atoms with Crippen molar-refractivity contribution in [1.82, 2.24) is 14.8 Å². The van der Waals surface area contributed by atoms with E-state index in [9.17, 15) is 14.9 Å². The van der Waals surface area contributed by atoms with E-state index in [0.717, 1.165) is 25.8 Å². The van der Waals surface area contributed by atoms with Crippen molar-refractivity contribution in [2.75, 3.05) is 44.2 Å². The van der Waals surface area contributed by atoms with Crippen LogP contribution in [0.5, 0.6) is 0 Å². The number of likely N-dealkylation sites (tertiary alicyclic amines) is 1. The lowest BCUT2D eigenvalue weighted by Crippen LogP contribution is -2.47. The van der Waals surface area contributed by atoms with Gasteiger partial charge in [-0.1, -0.05) is 23.2 Å². The Morgan fingerprint density at radius 1 is 1.00 bits per heavy atom. The molecular weight excluding hydrogens is 461 g/mol. The van der Waals surface area contributed by atoms with Gasteiger partial charge in [0.15, 0.2) is 0 Å². The Labute approximate surface area is 203 Å². The van der Waals surface area contributed by atoms with E-state index < -0.39 is 0 Å². The van der Waals surface area contributed by atoms with Crippen LogP contribution < -0.4 is 4.90 Å². The van der Waals surface area contributed by atoms with E-state index in [1.165, 1.54) is 0 Å². The number of pyridine rings is 1. The van der Waals surface area contributed by atoms with E-state index in [0.29, 0.717) is 59.7 Å². The van der Waals surface area contributed by atoms with Crippen molar-refractivity contribution >= 4 is 40.8 Å². The maximum Gasteiger partial charge on any atom is 0.253 e. The number of anilines is 1. The summed E-state index contributed by atoms with van der Waals surface area (Å²) < 4.78 is 0. The molecule has 1 aromatic heterocycles. The van der Waals surface area contributed by atoms with Crippen molar-refractivity contribution in [3.8, 4) is 6.07 Å². The third-order valence-corrected chi connectivity index (χ3v) is 6.98. The Bertz CT molecular complexity index is 1090. The van der Waals surface area contributed by atoms with Crippen LogP contribution in [0.15, 0.2) is 36.5 Å². The Balaban J connectivity index is 1.40. The number of nitriles is 1. The summed E-state index contributed by atoms with van der Waals surface area (Å²) in [5.41, 5.74) is 1.02. The van der Waals surface area contributed by atoms with Crippen LogP contribution in [0.1, 0.15) is 35.2 Å². The average molecular weight is 486 g/mol. The van der Waals surface area contributed by atoms with Gasteiger partial charge < -0.3 is 14.7 Å². The predicted octanol–water partition coefficient (Wildman–Crippen LogP) is 3.85. The highest BCUT2D eigenvalue weighted by Gasteiger charge is 2.32. The lowest BCUT2D eigenvalue weighted by molar-refractivity contribution is -0.136. The van der Waals surface area contributed by atoms with Gasteiger partial charge in [-0.05, 0) is 49.6 Å². The summed E-state index contributed by atoms with van der Waals surface area (Å²) in [6.07, 6.45) is 4.03. The normalized spacial score (nSPS) is 19.1. The van der Waals surface area contributed by atoms with Crippen LogP contribution in [-0.2, 0) is 4.79 Å². The van der Waals surface area contributed by atoms with E-state index >= 15 is 0 Å². The summed E-state index contributed by atoms with van der Waals surface area (Å²) in [5.74, 6) is 0.407. The van der Waals surface area contributed by atoms with E-state index in [4.69, 9.17) is 23.2 Å². The zero-order valence-electron chi connectivity index (χ0n) is 18.2. The van der Waals surface area contributed by atoms with Crippen LogP contribution in [0.2, 0.25) is 10.0 Å². The van der Waals surface area contributed by atoms with E-state index in [2.05, 4.69) is 16.0 Å². The lowest BCUT2D eigenvalue weighted by Gasteiger charge is -2.35. The molecule has 0 N–H and O–H groups in total. The molecule has 7 nitrogen and oxygen atoms in total. The zero-order valence-corrected chi connectivity index (χ0v) is 19.7. The molecule has 0 bridgehead atoms. The third kappa shape index (κ3) is 5.23. The number of carbonyl (C=O) groups excluding carboxylic acids is 2. The summed E-state index contributed by atoms with van der Waals surface area (Å²) in [5, 5.41) is 10.1. The molecule has 1 aromatic carbocycles. The predicted molar refractivity (Wildman–Crippen MR) is 127 cm³/mol. The molecule has 2 aliphatic rings. The van der Waals surface area contributed by atoms with Crippen LogP contribution >= 0.6 is 23.2 Å². The highest BCUT2D eigenvalue weighted by Crippen LogP contribution is 2.26. The molecule has 9 heteroatoms. The van der Waals surface area contributed by atoms with E-state index in [1.54, 1.807) is 41.4 Å². The summed E-state index contributed by atoms with van der Waals surface area (Å²) in [4.78, 5) is 36.4. The van der Waals surface area contributed by atoms with Gasteiger partial charge in [0.2, 0.25) is 5.91 Å². The zero-order chi connectivity index (χ0) is 23.4. The number of rotatable bonds is 3. The fraction of sp³-hybridized carbons (Fsp3) is 0.417. The number of aromatic nitrogens is 1. The average Bonchev–Trinajstić information content (AvgIpc) is 3.11. The highest BCUT2D eigenvalue weighted by molar-refractivity contribution is 6.42. The Hall–Kier alpha value is -2.82. The molecule has 4 rings (SSSR count). The first-order chi connectivity index (χ1) is 16.0. The van der Waals surface area contributed by atoms with Crippen molar-refractivity contribution < 1.29 is 9.59 Å². The summed E-state index contributed by atoms with van der Waals surface area (Å²) in [7, 11) is 0. The minimum Gasteiger partial charge on any atom is -0.354 e. The van der Waals surface area contributed by atoms with Crippen LogP contribution in [-0.4, -0.2) is 65.9 Å². The number of amides is 2. The summed E-state index contributed by atoms with van der Waals surface area (Å²) >= 11 is 12.0. The Morgan fingerprint density at radius 3 is 2.61 bits per heavy atom. The van der Waals surface area contributed by atoms with Crippen LogP contribution in [0.4, 0.5) is 5.82 Å². The van der Waals surface area contributed by atoms with Crippen molar-refractivity contribution in [2.45, 2.75) is 19.3 Å². The van der Waals surface area contributed by atoms with Crippen molar-refractivity contribution in [3.05, 3.63) is 57.7 Å². The number of nitrogens with zero attached hydrogens (tertiary/aromatic N) is 5. The van der Waals surface area contributed by atoms with E-state index in [-0.39, 0.29) is 17.7 Å². The molecular formula is C24H25Cl2N5O2. The molecule has 0 aliphatic carbocycles. The maximum atomic E-state index is 13.3. The fourth-order valence-corrected chi connectivity index (χ4v) is 4.82. The molecule has 1 atom stereocenters. The van der Waals surface area contributed by atoms with Crippen molar-refractivity contribution in [1.29, 1.82) is 5.26 Å². The quantitative estimate of drug-likeness (QED) is 0.659. The molecule has 2 fully saturated rings. The number of piperidine rings is 1. The van der Waals surface area contributed by atoms with Gasteiger partial charge >= 0.3 is 0 Å². The highest BCUT2D eigenvalue weighted by atomic mass is 35.5. The first kappa shape index (κ1) is 23.3. The van der Waals surface area contributed by atoms with Gasteiger partial charge in [0.1, 0.15) is 11.9 Å². The molecule has 172 valence electrons. The molecule has 3 heterocycles. The standard InChI is InChI=1S/C24H25Cl2N5O2/c25-20-7-6-17(14-21(20)26)23(32)31-9-2-5-19(16-31)24(33)30-11-3-10-29(12-13-30)22-18(15-27)4-1-8-28-22/h1,4,6-8,14,19H,2-3,5,9-13,16H2. The topological polar surface area (TPSA) is 80.5 Å². The Kier molecular flexibility index (Phi) is 7.36. The first-order valence-electron chi connectivity index (χ1n) is 11.1. The molecule has 2 saturated heterocycles. The number of hydrogen-bond donors (Lipinski definition) is 0. The minimum atomic E-state index is -0.221. The second-order valence-electron chi connectivity index (χ2n) is 8.37. The lowest BCUT2D eigenvalue weighted by atomic mass is 9.95. The third-order valence-electron chi connectivity index (χ3n) is 6.24. The van der Waals surface area contributed by atoms with Gasteiger partial charge in [-0.2, -0.15) is 5.26 Å². The molecule has 2 amide bonds. The SMILES string of the molecule is N#Cc1cccnc1N1CCCN(C(=O)C2CCCN(C(=O)c3ccc(Cl)c(Cl)c3)C2)CC1. The maximum absolute atomic E-state index is 13.3. The van der Waals surface area contributed by atoms with Crippen LogP contribution in [0.25, 0.3) is 0 Å². The van der Waals surface area contributed by atoms with Gasteiger partial charge in [-0.25, -0.2) is 4.98 Å². The summed E-state index contributed by atoms with van der Waals surface area (Å²) in [6.45, 7) is 3.60. The van der Waals surface area contributed by atoms with Crippen LogP contribution in [0, 0.1) is 17.2 Å². The van der Waals surface area contributed by atoms with Gasteiger partial charge in [-0.15, -0.1) is 0 Å². The minimum absolute atomic E-state index is 0.0880. The van der Waals surface area contributed by atoms with Gasteiger partial charge in [0.25, 0.3) is 5.91 Å². The fourth-order valence-electron chi connectivity index (χ4n) is 4.52. The van der Waals surface area contributed by atoms with Crippen molar-refractivity contribution in [2.24, 2.45) is 5.92 Å². The molecule has 1 unspecified atom stereocenters. The van der Waals surface area contributed by atoms with E-state index in [1.807, 2.05) is 4.90 Å². The number of carbonyl (C=O) groups is 2. The van der Waals surface area contributed by atoms with Gasteiger partial charge in [0, 0.05) is 51.0 Å². The second kappa shape index (κ2) is 10.4. The molecule has 0 radical (unpaired) electrons. The van der Waals surface area contributed by atoms with Crippen molar-refractivity contribution in [3.63, 3.8) is 0 Å². The Morgan fingerprint density at radius 2 is 1.82 bits per heavy atom. The second-order valence-corrected chi connectivity index (χ2v) is 9.19. The largest absolute Gasteiger partial charge is 0.354 e. The van der Waals surface area contributed by atoms with Crippen LogP contribution in [0.3, 0.4) is 0 Å².